The fraction of sp³-hybridized carbons (Fsp3) is 0.389. The Balaban J connectivity index is 2.37. The Morgan fingerprint density at radius 3 is 2.72 bits per heavy atom. The zero-order valence-electron chi connectivity index (χ0n) is 14.0. The minimum atomic E-state index is -0.864. The van der Waals surface area contributed by atoms with Crippen molar-refractivity contribution in [2.45, 2.75) is 37.8 Å². The molecule has 0 amide bonds. The molecule has 2 N–H and O–H groups in total. The lowest BCUT2D eigenvalue weighted by Crippen LogP contribution is -2.39. The Kier molecular flexibility index (Phi) is 6.44. The van der Waals surface area contributed by atoms with Crippen molar-refractivity contribution in [2.24, 2.45) is 0 Å². The van der Waals surface area contributed by atoms with Gasteiger partial charge >= 0.3 is 0 Å². The minimum Gasteiger partial charge on any atom is -0.502 e. The van der Waals surface area contributed by atoms with Crippen LogP contribution < -0.4 is 14.2 Å². The average molecular weight is 350 g/mol. The molecule has 0 radical (unpaired) electrons. The fourth-order valence-corrected chi connectivity index (χ4v) is 2.66. The number of phenols is 1. The first-order valence-corrected chi connectivity index (χ1v) is 7.81. The molecule has 7 nitrogen and oxygen atoms in total. The van der Waals surface area contributed by atoms with Crippen LogP contribution in [-0.2, 0) is 9.53 Å². The lowest BCUT2D eigenvalue weighted by Gasteiger charge is -2.33. The summed E-state index contributed by atoms with van der Waals surface area (Å²) >= 11 is 0. The van der Waals surface area contributed by atoms with E-state index in [0.717, 1.165) is 6.29 Å². The number of hydrogen-bond acceptors (Lipinski definition) is 7. The molecule has 136 valence electrons. The lowest BCUT2D eigenvalue weighted by molar-refractivity contribution is -0.177. The molecule has 0 aromatic heterocycles. The normalized spacial score (nSPS) is 22.7. The van der Waals surface area contributed by atoms with Crippen molar-refractivity contribution in [1.82, 2.24) is 0 Å². The van der Waals surface area contributed by atoms with E-state index >= 15 is 0 Å². The van der Waals surface area contributed by atoms with Gasteiger partial charge in [-0.25, -0.2) is 0 Å². The van der Waals surface area contributed by atoms with Crippen molar-refractivity contribution in [1.29, 1.82) is 0 Å². The summed E-state index contributed by atoms with van der Waals surface area (Å²) in [6.07, 6.45) is 2.10. The third-order valence-electron chi connectivity index (χ3n) is 3.80. The van der Waals surface area contributed by atoms with Gasteiger partial charge in [0, 0.05) is 24.8 Å². The summed E-state index contributed by atoms with van der Waals surface area (Å²) in [5, 5.41) is 20.4. The summed E-state index contributed by atoms with van der Waals surface area (Å²) < 4.78 is 21.9. The molecule has 7 heteroatoms. The molecule has 0 saturated carbocycles. The molecular formula is C18H22O7. The van der Waals surface area contributed by atoms with Gasteiger partial charge in [-0.05, 0) is 6.07 Å². The van der Waals surface area contributed by atoms with Gasteiger partial charge in [-0.3, -0.25) is 0 Å². The van der Waals surface area contributed by atoms with E-state index in [-0.39, 0.29) is 35.8 Å². The monoisotopic (exact) mass is 350 g/mol. The van der Waals surface area contributed by atoms with Gasteiger partial charge in [0.1, 0.15) is 6.29 Å². The maximum atomic E-state index is 10.7. The number of aliphatic hydroxyl groups excluding tert-OH is 1. The number of carbonyl (C=O) groups is 1. The van der Waals surface area contributed by atoms with E-state index in [1.807, 2.05) is 0 Å². The number of rotatable bonds is 8. The molecule has 1 aliphatic heterocycles. The van der Waals surface area contributed by atoms with Crippen LogP contribution in [0.1, 0.15) is 24.8 Å². The Morgan fingerprint density at radius 1 is 1.36 bits per heavy atom. The highest BCUT2D eigenvalue weighted by molar-refractivity contribution is 5.70. The standard InChI is InChI=1S/C18H22O7/c1-4-11-8-14(22-3)16(21)18(17(11)23-5-2)25-15-10-12(20)9-13(24-15)6-7-19/h4-5,7-8,12-13,15,20-21H,1-2,6,9-10H2,3H3. The molecule has 0 aliphatic carbocycles. The number of methoxy groups -OCH3 is 1. The van der Waals surface area contributed by atoms with Gasteiger partial charge in [0.25, 0.3) is 0 Å². The Labute approximate surface area is 146 Å². The van der Waals surface area contributed by atoms with Gasteiger partial charge in [-0.15, -0.1) is 0 Å². The number of benzene rings is 1. The van der Waals surface area contributed by atoms with Crippen LogP contribution >= 0.6 is 0 Å². The number of carbonyl (C=O) groups excluding carboxylic acids is 1. The number of phenolic OH excluding ortho intramolecular Hbond substituents is 1. The highest BCUT2D eigenvalue weighted by Crippen LogP contribution is 2.47. The van der Waals surface area contributed by atoms with Gasteiger partial charge in [-0.2, -0.15) is 0 Å². The molecule has 0 spiro atoms. The molecule has 1 fully saturated rings. The van der Waals surface area contributed by atoms with E-state index < -0.39 is 18.5 Å². The highest BCUT2D eigenvalue weighted by atomic mass is 16.7. The summed E-state index contributed by atoms with van der Waals surface area (Å²) in [6.45, 7) is 7.20. The molecule has 1 aromatic carbocycles. The first-order valence-electron chi connectivity index (χ1n) is 7.81. The van der Waals surface area contributed by atoms with Crippen LogP contribution in [-0.4, -0.2) is 42.1 Å². The molecule has 0 bridgehead atoms. The van der Waals surface area contributed by atoms with Crippen LogP contribution in [0.25, 0.3) is 6.08 Å². The zero-order valence-corrected chi connectivity index (χ0v) is 14.0. The third-order valence-corrected chi connectivity index (χ3v) is 3.80. The maximum Gasteiger partial charge on any atom is 0.211 e. The number of ether oxygens (including phenoxy) is 4. The van der Waals surface area contributed by atoms with E-state index in [2.05, 4.69) is 13.2 Å². The van der Waals surface area contributed by atoms with Crippen LogP contribution in [0.15, 0.2) is 25.5 Å². The molecule has 1 saturated heterocycles. The molecule has 1 aromatic rings. The molecule has 1 aliphatic rings. The summed E-state index contributed by atoms with van der Waals surface area (Å²) in [4.78, 5) is 10.7. The summed E-state index contributed by atoms with van der Waals surface area (Å²) in [6, 6.07) is 1.54. The molecule has 2 rings (SSSR count). The first-order chi connectivity index (χ1) is 12.0. The zero-order chi connectivity index (χ0) is 18.4. The Bertz CT molecular complexity index is 641. The predicted molar refractivity (Wildman–Crippen MR) is 90.8 cm³/mol. The van der Waals surface area contributed by atoms with Crippen molar-refractivity contribution in [3.63, 3.8) is 0 Å². The van der Waals surface area contributed by atoms with Crippen LogP contribution in [0.5, 0.6) is 23.0 Å². The van der Waals surface area contributed by atoms with Crippen LogP contribution in [0.3, 0.4) is 0 Å². The van der Waals surface area contributed by atoms with Gasteiger partial charge in [-0.1, -0.05) is 19.2 Å². The smallest absolute Gasteiger partial charge is 0.211 e. The molecular weight excluding hydrogens is 328 g/mol. The van der Waals surface area contributed by atoms with Gasteiger partial charge < -0.3 is 34.0 Å². The quantitative estimate of drug-likeness (QED) is 0.549. The maximum absolute atomic E-state index is 10.7. The van der Waals surface area contributed by atoms with E-state index in [0.29, 0.717) is 12.0 Å². The number of aliphatic hydroxyl groups is 1. The van der Waals surface area contributed by atoms with Crippen molar-refractivity contribution >= 4 is 12.4 Å². The van der Waals surface area contributed by atoms with E-state index in [9.17, 15) is 15.0 Å². The van der Waals surface area contributed by atoms with Crippen molar-refractivity contribution in [3.05, 3.63) is 31.0 Å². The fourth-order valence-electron chi connectivity index (χ4n) is 2.66. The van der Waals surface area contributed by atoms with Crippen molar-refractivity contribution in [3.8, 4) is 23.0 Å². The molecule has 1 heterocycles. The van der Waals surface area contributed by atoms with Crippen LogP contribution in [0.4, 0.5) is 0 Å². The summed E-state index contributed by atoms with van der Waals surface area (Å²) in [5.41, 5.74) is 0.519. The van der Waals surface area contributed by atoms with Crippen molar-refractivity contribution in [2.75, 3.05) is 7.11 Å². The summed E-state index contributed by atoms with van der Waals surface area (Å²) in [5.74, 6) is 0.0691. The third kappa shape index (κ3) is 4.32. The van der Waals surface area contributed by atoms with Crippen LogP contribution in [0.2, 0.25) is 0 Å². The summed E-state index contributed by atoms with van der Waals surface area (Å²) in [7, 11) is 1.40. The Morgan fingerprint density at radius 2 is 2.12 bits per heavy atom. The van der Waals surface area contributed by atoms with Crippen LogP contribution in [0, 0.1) is 0 Å². The Hall–Kier alpha value is -2.51. The lowest BCUT2D eigenvalue weighted by atomic mass is 10.0. The van der Waals surface area contributed by atoms with Crippen molar-refractivity contribution < 1.29 is 34.0 Å². The average Bonchev–Trinajstić information content (AvgIpc) is 2.58. The minimum absolute atomic E-state index is 0.0156. The number of aldehydes is 1. The second kappa shape index (κ2) is 8.55. The van der Waals surface area contributed by atoms with E-state index in [1.54, 1.807) is 6.07 Å². The topological polar surface area (TPSA) is 94.5 Å². The number of hydrogen-bond donors (Lipinski definition) is 2. The molecule has 3 unspecified atom stereocenters. The SMILES string of the molecule is C=COc1c(C=C)cc(OC)c(O)c1OC1CC(O)CC(CC=O)O1. The second-order valence-electron chi connectivity index (χ2n) is 5.50. The largest absolute Gasteiger partial charge is 0.502 e. The van der Waals surface area contributed by atoms with Gasteiger partial charge in [0.15, 0.2) is 11.5 Å². The molecule has 25 heavy (non-hydrogen) atoms. The predicted octanol–water partition coefficient (Wildman–Crippen LogP) is 2.40. The van der Waals surface area contributed by atoms with E-state index in [1.165, 1.54) is 19.4 Å². The second-order valence-corrected chi connectivity index (χ2v) is 5.50. The highest BCUT2D eigenvalue weighted by Gasteiger charge is 2.32. The first kappa shape index (κ1) is 18.8. The van der Waals surface area contributed by atoms with Gasteiger partial charge in [0.05, 0.1) is 25.6 Å². The molecule has 3 atom stereocenters. The van der Waals surface area contributed by atoms with Gasteiger partial charge in [0.2, 0.25) is 17.8 Å². The van der Waals surface area contributed by atoms with E-state index in [4.69, 9.17) is 18.9 Å². The number of aromatic hydroxyl groups is 1.